The van der Waals surface area contributed by atoms with Gasteiger partial charge in [0.25, 0.3) is 10.0 Å². The molecular weight excluding hydrogens is 260 g/mol. The number of pyridine rings is 1. The van der Waals surface area contributed by atoms with Gasteiger partial charge in [-0.2, -0.15) is 0 Å². The van der Waals surface area contributed by atoms with Crippen molar-refractivity contribution >= 4 is 16.0 Å². The van der Waals surface area contributed by atoms with Crippen molar-refractivity contribution in [3.8, 4) is 0 Å². The average Bonchev–Trinajstić information content (AvgIpc) is 2.36. The molecule has 7 nitrogen and oxygen atoms in total. The number of sulfonamides is 1. The van der Waals surface area contributed by atoms with Gasteiger partial charge < -0.3 is 10.2 Å². The third kappa shape index (κ3) is 3.49. The van der Waals surface area contributed by atoms with Crippen LogP contribution in [0.25, 0.3) is 0 Å². The molecule has 1 unspecified atom stereocenters. The van der Waals surface area contributed by atoms with Gasteiger partial charge >= 0.3 is 5.97 Å². The zero-order valence-electron chi connectivity index (χ0n) is 9.70. The summed E-state index contributed by atoms with van der Waals surface area (Å²) in [5, 5.41) is 17.3. The molecule has 1 rings (SSSR count). The maximum atomic E-state index is 11.8. The largest absolute Gasteiger partial charge is 0.478 e. The molecule has 0 aromatic carbocycles. The van der Waals surface area contributed by atoms with Crippen LogP contribution < -0.4 is 4.72 Å². The van der Waals surface area contributed by atoms with E-state index >= 15 is 0 Å². The third-order valence-electron chi connectivity index (χ3n) is 2.29. The Balaban J connectivity index is 2.95. The number of hydrogen-bond donors (Lipinski definition) is 3. The summed E-state index contributed by atoms with van der Waals surface area (Å²) in [7, 11) is -3.84. The Kier molecular flexibility index (Phi) is 4.76. The van der Waals surface area contributed by atoms with Gasteiger partial charge in [0.1, 0.15) is 0 Å². The van der Waals surface area contributed by atoms with Crippen LogP contribution in [0.4, 0.5) is 0 Å². The summed E-state index contributed by atoms with van der Waals surface area (Å²) >= 11 is 0. The first-order chi connectivity index (χ1) is 8.40. The second-order valence-corrected chi connectivity index (χ2v) is 5.26. The van der Waals surface area contributed by atoms with Crippen molar-refractivity contribution in [3.63, 3.8) is 0 Å². The summed E-state index contributed by atoms with van der Waals surface area (Å²) in [5.41, 5.74) is -0.0943. The van der Waals surface area contributed by atoms with Gasteiger partial charge in [0.15, 0.2) is 5.03 Å². The molecule has 100 valence electrons. The standard InChI is InChI=1S/C10H14N2O5S/c1-2-8(6-13)12-18(16,17)9-4-3-7(5-11-9)10(14)15/h3-5,8,12-13H,2,6H2,1H3,(H,14,15). The molecule has 0 aliphatic rings. The van der Waals surface area contributed by atoms with Crippen LogP contribution in [0.3, 0.4) is 0 Å². The second kappa shape index (κ2) is 5.89. The summed E-state index contributed by atoms with van der Waals surface area (Å²) in [5.74, 6) is -1.18. The number of aromatic nitrogens is 1. The van der Waals surface area contributed by atoms with Gasteiger partial charge in [0, 0.05) is 12.2 Å². The van der Waals surface area contributed by atoms with Crippen molar-refractivity contribution in [2.24, 2.45) is 0 Å². The summed E-state index contributed by atoms with van der Waals surface area (Å²) in [6.45, 7) is 1.41. The van der Waals surface area contributed by atoms with Crippen LogP contribution >= 0.6 is 0 Å². The quantitative estimate of drug-likeness (QED) is 0.663. The Morgan fingerprint density at radius 1 is 1.50 bits per heavy atom. The fourth-order valence-corrected chi connectivity index (χ4v) is 2.43. The van der Waals surface area contributed by atoms with Crippen LogP contribution in [0, 0.1) is 0 Å². The van der Waals surface area contributed by atoms with E-state index in [-0.39, 0.29) is 17.2 Å². The topological polar surface area (TPSA) is 117 Å². The van der Waals surface area contributed by atoms with Crippen LogP contribution in [0.5, 0.6) is 0 Å². The second-order valence-electron chi connectivity index (χ2n) is 3.60. The number of carboxylic acid groups (broad SMARTS) is 1. The highest BCUT2D eigenvalue weighted by molar-refractivity contribution is 7.89. The van der Waals surface area contributed by atoms with Gasteiger partial charge in [-0.25, -0.2) is 22.9 Å². The molecule has 1 aromatic rings. The lowest BCUT2D eigenvalue weighted by Gasteiger charge is -2.13. The lowest BCUT2D eigenvalue weighted by atomic mass is 10.3. The monoisotopic (exact) mass is 274 g/mol. The predicted molar refractivity (Wildman–Crippen MR) is 62.7 cm³/mol. The molecule has 0 spiro atoms. The zero-order valence-corrected chi connectivity index (χ0v) is 10.5. The van der Waals surface area contributed by atoms with Gasteiger partial charge in [-0.05, 0) is 18.6 Å². The van der Waals surface area contributed by atoms with E-state index in [0.29, 0.717) is 6.42 Å². The van der Waals surface area contributed by atoms with Crippen LogP contribution in [0.1, 0.15) is 23.7 Å². The minimum absolute atomic E-state index is 0.0943. The molecule has 0 aliphatic carbocycles. The maximum absolute atomic E-state index is 11.8. The molecule has 1 aromatic heterocycles. The Hall–Kier alpha value is -1.51. The molecule has 18 heavy (non-hydrogen) atoms. The molecule has 1 atom stereocenters. The molecule has 0 saturated heterocycles. The van der Waals surface area contributed by atoms with Crippen molar-refractivity contribution < 1.29 is 23.4 Å². The molecular formula is C10H14N2O5S. The van der Waals surface area contributed by atoms with Crippen molar-refractivity contribution in [1.82, 2.24) is 9.71 Å². The van der Waals surface area contributed by atoms with E-state index in [1.165, 1.54) is 0 Å². The summed E-state index contributed by atoms with van der Waals surface area (Å²) in [4.78, 5) is 14.2. The minimum atomic E-state index is -3.84. The Labute approximate surface area is 105 Å². The number of hydrogen-bond acceptors (Lipinski definition) is 5. The average molecular weight is 274 g/mol. The first-order valence-electron chi connectivity index (χ1n) is 5.23. The number of aromatic carboxylic acids is 1. The number of carbonyl (C=O) groups is 1. The normalized spacial score (nSPS) is 13.2. The molecule has 3 N–H and O–H groups in total. The van der Waals surface area contributed by atoms with Crippen LogP contribution in [0.2, 0.25) is 0 Å². The first-order valence-corrected chi connectivity index (χ1v) is 6.71. The molecule has 0 radical (unpaired) electrons. The summed E-state index contributed by atoms with van der Waals surface area (Å²) < 4.78 is 25.9. The van der Waals surface area contributed by atoms with E-state index < -0.39 is 22.0 Å². The number of rotatable bonds is 6. The molecule has 0 amide bonds. The highest BCUT2D eigenvalue weighted by Crippen LogP contribution is 2.08. The van der Waals surface area contributed by atoms with Crippen molar-refractivity contribution in [1.29, 1.82) is 0 Å². The van der Waals surface area contributed by atoms with Gasteiger partial charge in [0.05, 0.1) is 12.2 Å². The van der Waals surface area contributed by atoms with E-state index in [9.17, 15) is 13.2 Å². The number of nitrogens with zero attached hydrogens (tertiary/aromatic N) is 1. The van der Waals surface area contributed by atoms with Crippen molar-refractivity contribution in [2.75, 3.05) is 6.61 Å². The van der Waals surface area contributed by atoms with Gasteiger partial charge in [-0.3, -0.25) is 0 Å². The van der Waals surface area contributed by atoms with E-state index in [2.05, 4.69) is 9.71 Å². The highest BCUT2D eigenvalue weighted by atomic mass is 32.2. The minimum Gasteiger partial charge on any atom is -0.478 e. The SMILES string of the molecule is CCC(CO)NS(=O)(=O)c1ccc(C(=O)O)cn1. The molecule has 0 bridgehead atoms. The molecule has 0 fully saturated rings. The predicted octanol–water partition coefficient (Wildman–Crippen LogP) is -0.171. The van der Waals surface area contributed by atoms with Crippen molar-refractivity contribution in [2.45, 2.75) is 24.4 Å². The van der Waals surface area contributed by atoms with Crippen molar-refractivity contribution in [3.05, 3.63) is 23.9 Å². The Bertz CT molecular complexity index is 508. The molecule has 0 saturated carbocycles. The highest BCUT2D eigenvalue weighted by Gasteiger charge is 2.20. The number of aliphatic hydroxyl groups excluding tert-OH is 1. The van der Waals surface area contributed by atoms with Gasteiger partial charge in [0.2, 0.25) is 0 Å². The molecule has 1 heterocycles. The Morgan fingerprint density at radius 2 is 2.17 bits per heavy atom. The van der Waals surface area contributed by atoms with Gasteiger partial charge in [-0.15, -0.1) is 0 Å². The fraction of sp³-hybridized carbons (Fsp3) is 0.400. The maximum Gasteiger partial charge on any atom is 0.337 e. The number of nitrogens with one attached hydrogen (secondary N) is 1. The first kappa shape index (κ1) is 14.6. The Morgan fingerprint density at radius 3 is 2.56 bits per heavy atom. The summed E-state index contributed by atoms with van der Waals surface area (Å²) in [6, 6.07) is 1.68. The lowest BCUT2D eigenvalue weighted by Crippen LogP contribution is -2.37. The molecule has 0 aliphatic heterocycles. The fourth-order valence-electron chi connectivity index (χ4n) is 1.20. The molecule has 8 heteroatoms. The summed E-state index contributed by atoms with van der Waals surface area (Å²) in [6.07, 6.45) is 1.40. The van der Waals surface area contributed by atoms with E-state index in [1.807, 2.05) is 0 Å². The van der Waals surface area contributed by atoms with E-state index in [1.54, 1.807) is 6.92 Å². The van der Waals surface area contributed by atoms with Crippen LogP contribution in [-0.2, 0) is 10.0 Å². The van der Waals surface area contributed by atoms with Crippen LogP contribution in [-0.4, -0.2) is 42.2 Å². The van der Waals surface area contributed by atoms with E-state index in [0.717, 1.165) is 18.3 Å². The zero-order chi connectivity index (χ0) is 13.8. The third-order valence-corrected chi connectivity index (χ3v) is 3.73. The number of aliphatic hydroxyl groups is 1. The van der Waals surface area contributed by atoms with Crippen LogP contribution in [0.15, 0.2) is 23.4 Å². The van der Waals surface area contributed by atoms with E-state index in [4.69, 9.17) is 10.2 Å². The smallest absolute Gasteiger partial charge is 0.337 e. The lowest BCUT2D eigenvalue weighted by molar-refractivity contribution is 0.0696. The number of carboxylic acids is 1. The van der Waals surface area contributed by atoms with Gasteiger partial charge in [-0.1, -0.05) is 6.92 Å².